The zero-order valence-electron chi connectivity index (χ0n) is 7.78. The van der Waals surface area contributed by atoms with Crippen molar-refractivity contribution in [2.45, 2.75) is 13.8 Å². The Hall–Kier alpha value is -1.58. The highest BCUT2D eigenvalue weighted by Gasteiger charge is 2.00. The third-order valence-corrected chi connectivity index (χ3v) is 1.94. The second-order valence-corrected chi connectivity index (χ2v) is 2.97. The van der Waals surface area contributed by atoms with Gasteiger partial charge in [0.1, 0.15) is 6.33 Å². The summed E-state index contributed by atoms with van der Waals surface area (Å²) in [5.41, 5.74) is 3.13. The summed E-state index contributed by atoms with van der Waals surface area (Å²) in [5, 5.41) is 7.33. The minimum absolute atomic E-state index is 0.916. The standard InChI is InChI=1S/C9H12N4/c1-3-10-8-4-7(2)9-11-6-12-13(9)5-8/h4-6,10H,3H2,1-2H3. The number of fused-ring (bicyclic) bond motifs is 1. The average molecular weight is 176 g/mol. The zero-order chi connectivity index (χ0) is 9.26. The van der Waals surface area contributed by atoms with E-state index in [9.17, 15) is 0 Å². The molecule has 0 bridgehead atoms. The summed E-state index contributed by atoms with van der Waals surface area (Å²) >= 11 is 0. The van der Waals surface area contributed by atoms with Crippen LogP contribution in [0.15, 0.2) is 18.6 Å². The first-order valence-electron chi connectivity index (χ1n) is 4.35. The molecule has 68 valence electrons. The molecule has 0 saturated carbocycles. The highest BCUT2D eigenvalue weighted by Crippen LogP contribution is 2.13. The van der Waals surface area contributed by atoms with Gasteiger partial charge in [-0.2, -0.15) is 5.10 Å². The molecule has 0 aliphatic rings. The van der Waals surface area contributed by atoms with E-state index in [0.29, 0.717) is 0 Å². The van der Waals surface area contributed by atoms with Crippen LogP contribution in [-0.4, -0.2) is 21.1 Å². The van der Waals surface area contributed by atoms with Crippen LogP contribution < -0.4 is 5.32 Å². The second-order valence-electron chi connectivity index (χ2n) is 2.97. The van der Waals surface area contributed by atoms with Crippen LogP contribution in [0.5, 0.6) is 0 Å². The molecule has 0 aliphatic heterocycles. The first kappa shape index (κ1) is 8.04. The number of nitrogens with zero attached hydrogens (tertiary/aromatic N) is 3. The van der Waals surface area contributed by atoms with Crippen LogP contribution in [0, 0.1) is 6.92 Å². The van der Waals surface area contributed by atoms with E-state index in [4.69, 9.17) is 0 Å². The molecule has 0 spiro atoms. The number of anilines is 1. The predicted molar refractivity (Wildman–Crippen MR) is 51.9 cm³/mol. The van der Waals surface area contributed by atoms with Gasteiger partial charge in [-0.3, -0.25) is 0 Å². The lowest BCUT2D eigenvalue weighted by Crippen LogP contribution is -2.00. The lowest BCUT2D eigenvalue weighted by Gasteiger charge is -2.04. The predicted octanol–water partition coefficient (Wildman–Crippen LogP) is 1.47. The lowest BCUT2D eigenvalue weighted by atomic mass is 10.3. The first-order chi connectivity index (χ1) is 6.31. The minimum atomic E-state index is 0.916. The van der Waals surface area contributed by atoms with Gasteiger partial charge in [0.05, 0.1) is 11.9 Å². The molecular formula is C9H12N4. The van der Waals surface area contributed by atoms with Crippen molar-refractivity contribution in [2.75, 3.05) is 11.9 Å². The fourth-order valence-electron chi connectivity index (χ4n) is 1.39. The highest BCUT2D eigenvalue weighted by atomic mass is 15.3. The molecule has 4 heteroatoms. The van der Waals surface area contributed by atoms with Crippen molar-refractivity contribution in [1.82, 2.24) is 14.6 Å². The van der Waals surface area contributed by atoms with Gasteiger partial charge in [0.25, 0.3) is 0 Å². The average Bonchev–Trinajstić information content (AvgIpc) is 2.53. The van der Waals surface area contributed by atoms with E-state index in [2.05, 4.69) is 28.4 Å². The van der Waals surface area contributed by atoms with Gasteiger partial charge in [0.2, 0.25) is 0 Å². The maximum Gasteiger partial charge on any atom is 0.158 e. The van der Waals surface area contributed by atoms with Crippen LogP contribution in [0.2, 0.25) is 0 Å². The van der Waals surface area contributed by atoms with Crippen molar-refractivity contribution in [2.24, 2.45) is 0 Å². The molecule has 0 aliphatic carbocycles. The first-order valence-corrected chi connectivity index (χ1v) is 4.35. The van der Waals surface area contributed by atoms with Gasteiger partial charge in [-0.1, -0.05) is 0 Å². The number of pyridine rings is 1. The van der Waals surface area contributed by atoms with E-state index in [1.165, 1.54) is 0 Å². The zero-order valence-corrected chi connectivity index (χ0v) is 7.78. The Balaban J connectivity index is 2.56. The summed E-state index contributed by atoms with van der Waals surface area (Å²) in [6.07, 6.45) is 3.51. The Morgan fingerprint density at radius 2 is 2.38 bits per heavy atom. The number of nitrogens with one attached hydrogen (secondary N) is 1. The van der Waals surface area contributed by atoms with Crippen LogP contribution >= 0.6 is 0 Å². The molecule has 2 aromatic rings. The van der Waals surface area contributed by atoms with E-state index < -0.39 is 0 Å². The molecule has 0 radical (unpaired) electrons. The Bertz CT molecular complexity index is 418. The number of aromatic nitrogens is 3. The topological polar surface area (TPSA) is 42.2 Å². The second kappa shape index (κ2) is 3.05. The van der Waals surface area contributed by atoms with Gasteiger partial charge in [-0.25, -0.2) is 9.50 Å². The quantitative estimate of drug-likeness (QED) is 0.753. The lowest BCUT2D eigenvalue weighted by molar-refractivity contribution is 0.954. The van der Waals surface area contributed by atoms with Gasteiger partial charge >= 0.3 is 0 Å². The van der Waals surface area contributed by atoms with Crippen LogP contribution in [0.4, 0.5) is 5.69 Å². The van der Waals surface area contributed by atoms with Gasteiger partial charge in [0.15, 0.2) is 5.65 Å². The van der Waals surface area contributed by atoms with Crippen molar-refractivity contribution in [3.8, 4) is 0 Å². The van der Waals surface area contributed by atoms with Crippen LogP contribution in [0.3, 0.4) is 0 Å². The van der Waals surface area contributed by atoms with Crippen molar-refractivity contribution < 1.29 is 0 Å². The fraction of sp³-hybridized carbons (Fsp3) is 0.333. The van der Waals surface area contributed by atoms with Gasteiger partial charge < -0.3 is 5.32 Å². The Kier molecular flexibility index (Phi) is 1.88. The molecule has 1 N–H and O–H groups in total. The third kappa shape index (κ3) is 1.35. The van der Waals surface area contributed by atoms with Crippen molar-refractivity contribution in [1.29, 1.82) is 0 Å². The SMILES string of the molecule is CCNc1cc(C)c2ncnn2c1. The Morgan fingerprint density at radius 3 is 3.15 bits per heavy atom. The number of hydrogen-bond donors (Lipinski definition) is 1. The Labute approximate surface area is 76.6 Å². The molecule has 0 aromatic carbocycles. The molecule has 0 atom stereocenters. The van der Waals surface area contributed by atoms with Crippen LogP contribution in [-0.2, 0) is 0 Å². The number of aryl methyl sites for hydroxylation is 1. The molecule has 0 fully saturated rings. The van der Waals surface area contributed by atoms with E-state index in [1.54, 1.807) is 10.8 Å². The van der Waals surface area contributed by atoms with E-state index >= 15 is 0 Å². The highest BCUT2D eigenvalue weighted by molar-refractivity contribution is 5.54. The molecule has 0 unspecified atom stereocenters. The van der Waals surface area contributed by atoms with Crippen molar-refractivity contribution in [3.63, 3.8) is 0 Å². The normalized spacial score (nSPS) is 10.6. The molecule has 2 heterocycles. The molecule has 13 heavy (non-hydrogen) atoms. The molecule has 4 nitrogen and oxygen atoms in total. The maximum absolute atomic E-state index is 4.14. The van der Waals surface area contributed by atoms with Crippen LogP contribution in [0.25, 0.3) is 5.65 Å². The summed E-state index contributed by atoms with van der Waals surface area (Å²) in [4.78, 5) is 4.14. The molecule has 0 saturated heterocycles. The maximum atomic E-state index is 4.14. The van der Waals surface area contributed by atoms with E-state index in [1.807, 2.05) is 13.1 Å². The van der Waals surface area contributed by atoms with E-state index in [-0.39, 0.29) is 0 Å². The molecular weight excluding hydrogens is 164 g/mol. The Morgan fingerprint density at radius 1 is 1.54 bits per heavy atom. The van der Waals surface area contributed by atoms with Crippen molar-refractivity contribution >= 4 is 11.3 Å². The summed E-state index contributed by atoms with van der Waals surface area (Å²) < 4.78 is 1.79. The monoisotopic (exact) mass is 176 g/mol. The van der Waals surface area contributed by atoms with Gasteiger partial charge in [-0.15, -0.1) is 0 Å². The van der Waals surface area contributed by atoms with Gasteiger partial charge in [0, 0.05) is 6.54 Å². The van der Waals surface area contributed by atoms with Crippen LogP contribution in [0.1, 0.15) is 12.5 Å². The fourth-order valence-corrected chi connectivity index (χ4v) is 1.39. The summed E-state index contributed by atoms with van der Waals surface area (Å²) in [6.45, 7) is 5.02. The number of rotatable bonds is 2. The van der Waals surface area contributed by atoms with E-state index in [0.717, 1.165) is 23.4 Å². The minimum Gasteiger partial charge on any atom is -0.384 e. The smallest absolute Gasteiger partial charge is 0.158 e. The number of hydrogen-bond acceptors (Lipinski definition) is 3. The molecule has 2 rings (SSSR count). The largest absolute Gasteiger partial charge is 0.384 e. The van der Waals surface area contributed by atoms with Gasteiger partial charge in [-0.05, 0) is 25.5 Å². The summed E-state index contributed by atoms with van der Waals surface area (Å²) in [7, 11) is 0. The third-order valence-electron chi connectivity index (χ3n) is 1.94. The molecule has 2 aromatic heterocycles. The molecule has 0 amide bonds. The summed E-state index contributed by atoms with van der Waals surface area (Å²) in [6, 6.07) is 2.08. The van der Waals surface area contributed by atoms with Crippen molar-refractivity contribution in [3.05, 3.63) is 24.2 Å². The summed E-state index contributed by atoms with van der Waals surface area (Å²) in [5.74, 6) is 0.